The fourth-order valence-electron chi connectivity index (χ4n) is 1.84. The zero-order chi connectivity index (χ0) is 14.3. The third-order valence-electron chi connectivity index (χ3n) is 2.68. The number of likely N-dealkylation sites (N-methyl/N-ethyl adjacent to an activating group) is 1. The van der Waals surface area contributed by atoms with Gasteiger partial charge < -0.3 is 10.6 Å². The summed E-state index contributed by atoms with van der Waals surface area (Å²) in [5.41, 5.74) is 0.949. The van der Waals surface area contributed by atoms with Gasteiger partial charge in [-0.25, -0.2) is 0 Å². The Kier molecular flexibility index (Phi) is 6.02. The number of hydrogen-bond donors (Lipinski definition) is 2. The van der Waals surface area contributed by atoms with Crippen molar-refractivity contribution in [2.45, 2.75) is 13.0 Å². The predicted molar refractivity (Wildman–Crippen MR) is 74.6 cm³/mol. The minimum absolute atomic E-state index is 0.0680. The van der Waals surface area contributed by atoms with Crippen LogP contribution in [0.4, 0.5) is 0 Å². The van der Waals surface area contributed by atoms with E-state index in [2.05, 4.69) is 10.6 Å². The lowest BCUT2D eigenvalue weighted by molar-refractivity contribution is -0.126. The molecule has 1 aromatic carbocycles. The second kappa shape index (κ2) is 7.53. The normalized spacial score (nSPS) is 12.0. The summed E-state index contributed by atoms with van der Waals surface area (Å²) in [6, 6.07) is 9.28. The monoisotopic (exact) mass is 263 g/mol. The minimum atomic E-state index is -0.321. The molecule has 0 aromatic heterocycles. The van der Waals surface area contributed by atoms with Crippen LogP contribution in [0.15, 0.2) is 30.3 Å². The lowest BCUT2D eigenvalue weighted by Gasteiger charge is -2.23. The van der Waals surface area contributed by atoms with Gasteiger partial charge in [0, 0.05) is 20.0 Å². The Morgan fingerprint density at radius 3 is 2.21 bits per heavy atom. The SMILES string of the molecule is CC(=O)NCCNC(=O)C(c1ccccc1)N(C)C. The maximum absolute atomic E-state index is 12.2. The van der Waals surface area contributed by atoms with Gasteiger partial charge in [0.25, 0.3) is 0 Å². The van der Waals surface area contributed by atoms with E-state index in [-0.39, 0.29) is 17.9 Å². The van der Waals surface area contributed by atoms with Crippen molar-refractivity contribution in [3.8, 4) is 0 Å². The molecule has 0 fully saturated rings. The molecule has 2 amide bonds. The van der Waals surface area contributed by atoms with Gasteiger partial charge in [0.2, 0.25) is 11.8 Å². The maximum Gasteiger partial charge on any atom is 0.242 e. The minimum Gasteiger partial charge on any atom is -0.355 e. The Hall–Kier alpha value is -1.88. The second-order valence-electron chi connectivity index (χ2n) is 4.55. The van der Waals surface area contributed by atoms with Gasteiger partial charge in [-0.05, 0) is 19.7 Å². The highest BCUT2D eigenvalue weighted by molar-refractivity contribution is 5.83. The molecule has 0 aliphatic carbocycles. The molecule has 104 valence electrons. The number of nitrogens with zero attached hydrogens (tertiary/aromatic N) is 1. The van der Waals surface area contributed by atoms with Crippen LogP contribution in [0.5, 0.6) is 0 Å². The average Bonchev–Trinajstić information content (AvgIpc) is 2.35. The van der Waals surface area contributed by atoms with Crippen molar-refractivity contribution in [3.05, 3.63) is 35.9 Å². The van der Waals surface area contributed by atoms with E-state index in [4.69, 9.17) is 0 Å². The van der Waals surface area contributed by atoms with Gasteiger partial charge in [0.15, 0.2) is 0 Å². The Balaban J connectivity index is 2.57. The number of rotatable bonds is 6. The average molecular weight is 263 g/mol. The molecule has 1 unspecified atom stereocenters. The summed E-state index contributed by atoms with van der Waals surface area (Å²) in [5, 5.41) is 5.46. The second-order valence-corrected chi connectivity index (χ2v) is 4.55. The molecular weight excluding hydrogens is 242 g/mol. The lowest BCUT2D eigenvalue weighted by atomic mass is 10.1. The van der Waals surface area contributed by atoms with Crippen LogP contribution in [-0.4, -0.2) is 43.9 Å². The van der Waals surface area contributed by atoms with Crippen molar-refractivity contribution in [3.63, 3.8) is 0 Å². The quantitative estimate of drug-likeness (QED) is 0.737. The third kappa shape index (κ3) is 5.09. The van der Waals surface area contributed by atoms with Crippen molar-refractivity contribution in [1.29, 1.82) is 0 Å². The summed E-state index contributed by atoms with van der Waals surface area (Å²) in [4.78, 5) is 24.7. The van der Waals surface area contributed by atoms with E-state index in [1.54, 1.807) is 0 Å². The molecule has 0 saturated heterocycles. The Labute approximate surface area is 114 Å². The van der Waals surface area contributed by atoms with Gasteiger partial charge >= 0.3 is 0 Å². The topological polar surface area (TPSA) is 61.4 Å². The molecule has 5 heteroatoms. The van der Waals surface area contributed by atoms with Crippen LogP contribution in [0.1, 0.15) is 18.5 Å². The summed E-state index contributed by atoms with van der Waals surface area (Å²) in [5.74, 6) is -0.164. The Bertz CT molecular complexity index is 418. The molecule has 19 heavy (non-hydrogen) atoms. The van der Waals surface area contributed by atoms with Crippen molar-refractivity contribution < 1.29 is 9.59 Å². The zero-order valence-electron chi connectivity index (χ0n) is 11.6. The molecule has 0 radical (unpaired) electrons. The number of nitrogens with one attached hydrogen (secondary N) is 2. The fourth-order valence-corrected chi connectivity index (χ4v) is 1.84. The molecule has 1 rings (SSSR count). The first-order valence-corrected chi connectivity index (χ1v) is 6.26. The van der Waals surface area contributed by atoms with E-state index in [9.17, 15) is 9.59 Å². The molecule has 0 bridgehead atoms. The van der Waals surface area contributed by atoms with Crippen LogP contribution < -0.4 is 10.6 Å². The third-order valence-corrected chi connectivity index (χ3v) is 2.68. The standard InChI is InChI=1S/C14H21N3O2/c1-11(18)15-9-10-16-14(19)13(17(2)3)12-7-5-4-6-8-12/h4-8,13H,9-10H2,1-3H3,(H,15,18)(H,16,19). The van der Waals surface area contributed by atoms with Gasteiger partial charge in [0.05, 0.1) is 0 Å². The number of hydrogen-bond acceptors (Lipinski definition) is 3. The lowest BCUT2D eigenvalue weighted by Crippen LogP contribution is -2.40. The van der Waals surface area contributed by atoms with Crippen LogP contribution in [0.3, 0.4) is 0 Å². The summed E-state index contributed by atoms with van der Waals surface area (Å²) >= 11 is 0. The first-order valence-electron chi connectivity index (χ1n) is 6.26. The van der Waals surface area contributed by atoms with Crippen LogP contribution in [-0.2, 0) is 9.59 Å². The van der Waals surface area contributed by atoms with Crippen molar-refractivity contribution in [1.82, 2.24) is 15.5 Å². The van der Waals surface area contributed by atoms with Gasteiger partial charge in [-0.3, -0.25) is 14.5 Å². The summed E-state index contributed by atoms with van der Waals surface area (Å²) < 4.78 is 0. The number of benzene rings is 1. The van der Waals surface area contributed by atoms with Gasteiger partial charge in [-0.2, -0.15) is 0 Å². The van der Waals surface area contributed by atoms with Crippen molar-refractivity contribution in [2.24, 2.45) is 0 Å². The predicted octanol–water partition coefficient (Wildman–Crippen LogP) is 0.542. The molecule has 0 saturated carbocycles. The van der Waals surface area contributed by atoms with Crippen LogP contribution in [0, 0.1) is 0 Å². The highest BCUT2D eigenvalue weighted by Crippen LogP contribution is 2.17. The zero-order valence-corrected chi connectivity index (χ0v) is 11.6. The fraction of sp³-hybridized carbons (Fsp3) is 0.429. The summed E-state index contributed by atoms with van der Waals surface area (Å²) in [7, 11) is 3.73. The molecule has 0 aliphatic rings. The van der Waals surface area contributed by atoms with E-state index in [0.29, 0.717) is 13.1 Å². The largest absolute Gasteiger partial charge is 0.355 e. The molecule has 0 heterocycles. The number of carbonyl (C=O) groups is 2. The smallest absolute Gasteiger partial charge is 0.242 e. The van der Waals surface area contributed by atoms with E-state index in [1.807, 2.05) is 49.3 Å². The maximum atomic E-state index is 12.2. The first kappa shape index (κ1) is 15.2. The van der Waals surface area contributed by atoms with Crippen LogP contribution >= 0.6 is 0 Å². The molecule has 5 nitrogen and oxygen atoms in total. The molecule has 1 aromatic rings. The van der Waals surface area contributed by atoms with Crippen LogP contribution in [0.2, 0.25) is 0 Å². The Morgan fingerprint density at radius 1 is 1.11 bits per heavy atom. The van der Waals surface area contributed by atoms with Crippen molar-refractivity contribution in [2.75, 3.05) is 27.2 Å². The molecular formula is C14H21N3O2. The van der Waals surface area contributed by atoms with E-state index < -0.39 is 0 Å². The number of carbonyl (C=O) groups excluding carboxylic acids is 2. The summed E-state index contributed by atoms with van der Waals surface area (Å²) in [6.07, 6.45) is 0. The van der Waals surface area contributed by atoms with E-state index in [1.165, 1.54) is 6.92 Å². The van der Waals surface area contributed by atoms with Gasteiger partial charge in [0.1, 0.15) is 6.04 Å². The summed E-state index contributed by atoms with van der Waals surface area (Å²) in [6.45, 7) is 2.32. The van der Waals surface area contributed by atoms with Crippen molar-refractivity contribution >= 4 is 11.8 Å². The molecule has 0 aliphatic heterocycles. The highest BCUT2D eigenvalue weighted by Gasteiger charge is 2.21. The highest BCUT2D eigenvalue weighted by atomic mass is 16.2. The number of amides is 2. The van der Waals surface area contributed by atoms with Gasteiger partial charge in [-0.15, -0.1) is 0 Å². The van der Waals surface area contributed by atoms with E-state index in [0.717, 1.165) is 5.56 Å². The van der Waals surface area contributed by atoms with E-state index >= 15 is 0 Å². The van der Waals surface area contributed by atoms with Crippen LogP contribution in [0.25, 0.3) is 0 Å². The molecule has 2 N–H and O–H groups in total. The van der Waals surface area contributed by atoms with Gasteiger partial charge in [-0.1, -0.05) is 30.3 Å². The molecule has 1 atom stereocenters. The Morgan fingerprint density at radius 2 is 1.68 bits per heavy atom. The first-order chi connectivity index (χ1) is 9.02. The molecule has 0 spiro atoms.